The molecule has 0 aliphatic rings. The van der Waals surface area contributed by atoms with E-state index in [1.807, 2.05) is 30.3 Å². The average Bonchev–Trinajstić information content (AvgIpc) is 2.78. The molecule has 0 aliphatic heterocycles. The number of benzene rings is 3. The Kier molecular flexibility index (Phi) is 5.57. The van der Waals surface area contributed by atoms with Gasteiger partial charge in [0.2, 0.25) is 0 Å². The lowest BCUT2D eigenvalue weighted by Crippen LogP contribution is -2.35. The maximum Gasteiger partial charge on any atom is 0.329 e. The third-order valence-electron chi connectivity index (χ3n) is 4.99. The molecule has 0 unspecified atom stereocenters. The van der Waals surface area contributed by atoms with E-state index in [1.54, 1.807) is 48.5 Å². The van der Waals surface area contributed by atoms with Crippen LogP contribution in [0.3, 0.4) is 0 Å². The quantitative estimate of drug-likeness (QED) is 0.523. The Hall–Kier alpha value is -3.93. The van der Waals surface area contributed by atoms with Gasteiger partial charge >= 0.3 is 5.69 Å². The third kappa shape index (κ3) is 4.22. The summed E-state index contributed by atoms with van der Waals surface area (Å²) < 4.78 is 1.16. The highest BCUT2D eigenvalue weighted by Crippen LogP contribution is 2.07. The summed E-state index contributed by atoms with van der Waals surface area (Å²) in [6.07, 6.45) is 0.762. The minimum absolute atomic E-state index is 0.134. The Morgan fingerprint density at radius 3 is 2.30 bits per heavy atom. The monoisotopic (exact) mass is 399 g/mol. The lowest BCUT2D eigenvalue weighted by molar-refractivity contribution is 0.0954. The van der Waals surface area contributed by atoms with E-state index in [0.717, 1.165) is 16.6 Å². The van der Waals surface area contributed by atoms with Crippen LogP contribution in [0.5, 0.6) is 0 Å². The number of nitrogens with one attached hydrogen (secondary N) is 2. The van der Waals surface area contributed by atoms with Gasteiger partial charge < -0.3 is 10.3 Å². The number of hydrogen-bond acceptors (Lipinski definition) is 3. The average molecular weight is 399 g/mol. The second-order valence-corrected chi connectivity index (χ2v) is 7.06. The van der Waals surface area contributed by atoms with E-state index in [4.69, 9.17) is 0 Å². The molecule has 0 bridgehead atoms. The van der Waals surface area contributed by atoms with E-state index in [-0.39, 0.29) is 18.0 Å². The zero-order valence-electron chi connectivity index (χ0n) is 16.3. The van der Waals surface area contributed by atoms with Gasteiger partial charge in [-0.15, -0.1) is 0 Å². The molecule has 6 heteroatoms. The number of rotatable bonds is 6. The van der Waals surface area contributed by atoms with Crippen LogP contribution in [0.2, 0.25) is 0 Å². The van der Waals surface area contributed by atoms with Gasteiger partial charge in [-0.3, -0.25) is 14.2 Å². The number of H-pyrrole nitrogens is 1. The fraction of sp³-hybridized carbons (Fsp3) is 0.125. The maximum absolute atomic E-state index is 12.6. The van der Waals surface area contributed by atoms with E-state index in [0.29, 0.717) is 23.0 Å². The fourth-order valence-corrected chi connectivity index (χ4v) is 3.35. The van der Waals surface area contributed by atoms with Crippen LogP contribution in [-0.4, -0.2) is 22.0 Å². The molecule has 30 heavy (non-hydrogen) atoms. The van der Waals surface area contributed by atoms with Crippen LogP contribution < -0.4 is 16.6 Å². The summed E-state index contributed by atoms with van der Waals surface area (Å²) in [5.74, 6) is -0.154. The summed E-state index contributed by atoms with van der Waals surface area (Å²) in [5.41, 5.74) is 2.19. The van der Waals surface area contributed by atoms with Gasteiger partial charge in [-0.1, -0.05) is 54.6 Å². The van der Waals surface area contributed by atoms with E-state index in [9.17, 15) is 14.4 Å². The molecule has 2 N–H and O–H groups in total. The molecule has 150 valence electrons. The van der Waals surface area contributed by atoms with Crippen molar-refractivity contribution in [3.63, 3.8) is 0 Å². The Morgan fingerprint density at radius 1 is 0.833 bits per heavy atom. The van der Waals surface area contributed by atoms with Gasteiger partial charge in [-0.05, 0) is 41.8 Å². The molecule has 0 radical (unpaired) electrons. The van der Waals surface area contributed by atoms with Crippen LogP contribution in [0.15, 0.2) is 88.5 Å². The highest BCUT2D eigenvalue weighted by Gasteiger charge is 2.09. The van der Waals surface area contributed by atoms with Crippen LogP contribution in [0, 0.1) is 0 Å². The van der Waals surface area contributed by atoms with Crippen molar-refractivity contribution >= 4 is 16.8 Å². The predicted octanol–water partition coefficient (Wildman–Crippen LogP) is 2.71. The third-order valence-corrected chi connectivity index (χ3v) is 4.99. The van der Waals surface area contributed by atoms with Crippen molar-refractivity contribution in [1.29, 1.82) is 0 Å². The van der Waals surface area contributed by atoms with Gasteiger partial charge in [0.05, 0.1) is 17.4 Å². The summed E-state index contributed by atoms with van der Waals surface area (Å²) in [7, 11) is 0. The van der Waals surface area contributed by atoms with E-state index in [2.05, 4.69) is 10.3 Å². The second-order valence-electron chi connectivity index (χ2n) is 7.06. The molecule has 1 aromatic heterocycles. The Bertz CT molecular complexity index is 1290. The number of para-hydroxylation sites is 1. The van der Waals surface area contributed by atoms with Gasteiger partial charge in [0.25, 0.3) is 11.5 Å². The normalized spacial score (nSPS) is 10.8. The molecule has 4 rings (SSSR count). The number of carbonyl (C=O) groups excluding carboxylic acids is 1. The number of carbonyl (C=O) groups is 1. The second kappa shape index (κ2) is 8.61. The van der Waals surface area contributed by atoms with Crippen molar-refractivity contribution < 1.29 is 4.79 Å². The Morgan fingerprint density at radius 2 is 1.53 bits per heavy atom. The number of aromatic nitrogens is 2. The molecule has 0 atom stereocenters. The molecular weight excluding hydrogens is 378 g/mol. The Balaban J connectivity index is 1.44. The van der Waals surface area contributed by atoms with Gasteiger partial charge in [-0.2, -0.15) is 0 Å². The highest BCUT2D eigenvalue weighted by atomic mass is 16.2. The van der Waals surface area contributed by atoms with Gasteiger partial charge in [0.15, 0.2) is 0 Å². The number of hydrogen-bond donors (Lipinski definition) is 2. The van der Waals surface area contributed by atoms with Crippen LogP contribution in [0.4, 0.5) is 0 Å². The van der Waals surface area contributed by atoms with Crippen molar-refractivity contribution in [1.82, 2.24) is 14.9 Å². The molecule has 3 aromatic carbocycles. The van der Waals surface area contributed by atoms with Gasteiger partial charge in [-0.25, -0.2) is 4.79 Å². The largest absolute Gasteiger partial charge is 0.352 e. The van der Waals surface area contributed by atoms with Crippen LogP contribution in [-0.2, 0) is 13.0 Å². The summed E-state index contributed by atoms with van der Waals surface area (Å²) in [4.78, 5) is 40.0. The Labute approximate surface area is 172 Å². The van der Waals surface area contributed by atoms with Gasteiger partial charge in [0, 0.05) is 12.1 Å². The number of nitrogens with zero attached hydrogens (tertiary/aromatic N) is 1. The number of fused-ring (bicyclic) bond motifs is 1. The summed E-state index contributed by atoms with van der Waals surface area (Å²) in [6.45, 7) is 0.682. The molecule has 0 aliphatic carbocycles. The number of aromatic amines is 1. The van der Waals surface area contributed by atoms with E-state index < -0.39 is 5.69 Å². The molecule has 1 amide bonds. The summed E-state index contributed by atoms with van der Waals surface area (Å²) in [6, 6.07) is 23.8. The highest BCUT2D eigenvalue weighted by molar-refractivity contribution is 5.94. The lowest BCUT2D eigenvalue weighted by Gasteiger charge is -2.08. The lowest BCUT2D eigenvalue weighted by atomic mass is 10.1. The van der Waals surface area contributed by atoms with E-state index in [1.165, 1.54) is 5.56 Å². The first-order valence-corrected chi connectivity index (χ1v) is 9.75. The molecule has 6 nitrogen and oxygen atoms in total. The molecule has 0 fully saturated rings. The van der Waals surface area contributed by atoms with Crippen molar-refractivity contribution in [3.05, 3.63) is 116 Å². The molecule has 0 spiro atoms. The molecule has 0 saturated carbocycles. The molecule has 4 aromatic rings. The smallest absolute Gasteiger partial charge is 0.329 e. The molecule has 0 saturated heterocycles. The van der Waals surface area contributed by atoms with Crippen LogP contribution in [0.25, 0.3) is 10.9 Å². The number of amides is 1. The minimum Gasteiger partial charge on any atom is -0.352 e. The maximum atomic E-state index is 12.6. The van der Waals surface area contributed by atoms with E-state index >= 15 is 0 Å². The summed E-state index contributed by atoms with van der Waals surface area (Å²) in [5, 5.41) is 3.37. The molecule has 1 heterocycles. The minimum atomic E-state index is -0.457. The first kappa shape index (κ1) is 19.4. The SMILES string of the molecule is O=C(NCCc1ccccc1)c1ccc(Cn2c(=O)[nH]c3ccccc3c2=O)cc1. The van der Waals surface area contributed by atoms with Crippen LogP contribution >= 0.6 is 0 Å². The molecular formula is C24H21N3O3. The first-order chi connectivity index (χ1) is 14.6. The topological polar surface area (TPSA) is 84.0 Å². The zero-order valence-corrected chi connectivity index (χ0v) is 16.3. The van der Waals surface area contributed by atoms with Crippen molar-refractivity contribution in [2.45, 2.75) is 13.0 Å². The van der Waals surface area contributed by atoms with Crippen LogP contribution in [0.1, 0.15) is 21.5 Å². The van der Waals surface area contributed by atoms with Gasteiger partial charge in [0.1, 0.15) is 0 Å². The summed E-state index contributed by atoms with van der Waals surface area (Å²) >= 11 is 0. The first-order valence-electron chi connectivity index (χ1n) is 9.75. The fourth-order valence-electron chi connectivity index (χ4n) is 3.35. The van der Waals surface area contributed by atoms with Crippen molar-refractivity contribution in [2.24, 2.45) is 0 Å². The zero-order chi connectivity index (χ0) is 20.9. The standard InChI is InChI=1S/C24H21N3O3/c28-22(25-15-14-17-6-2-1-3-7-17)19-12-10-18(11-13-19)16-27-23(29)20-8-4-5-9-21(20)26-24(27)30/h1-13H,14-16H2,(H,25,28)(H,26,30). The predicted molar refractivity (Wildman–Crippen MR) is 117 cm³/mol. The van der Waals surface area contributed by atoms with Crippen molar-refractivity contribution in [2.75, 3.05) is 6.54 Å². The van der Waals surface area contributed by atoms with Crippen molar-refractivity contribution in [3.8, 4) is 0 Å².